The lowest BCUT2D eigenvalue weighted by Gasteiger charge is -2.32. The molecule has 6 nitrogen and oxygen atoms in total. The summed E-state index contributed by atoms with van der Waals surface area (Å²) in [5.41, 5.74) is 1.37. The Labute approximate surface area is 161 Å². The van der Waals surface area contributed by atoms with Crippen molar-refractivity contribution in [3.63, 3.8) is 0 Å². The molecule has 0 spiro atoms. The number of rotatable bonds is 3. The highest BCUT2D eigenvalue weighted by Crippen LogP contribution is 2.43. The first-order chi connectivity index (χ1) is 13.0. The largest absolute Gasteiger partial charge is 0.508 e. The van der Waals surface area contributed by atoms with Crippen molar-refractivity contribution in [3.8, 4) is 28.7 Å². The summed E-state index contributed by atoms with van der Waals surface area (Å²) in [4.78, 5) is 0. The van der Waals surface area contributed by atoms with Gasteiger partial charge in [-0.2, -0.15) is 0 Å². The van der Waals surface area contributed by atoms with Gasteiger partial charge < -0.3 is 29.5 Å². The van der Waals surface area contributed by atoms with Crippen LogP contribution < -0.4 is 14.2 Å². The molecule has 1 aliphatic rings. The summed E-state index contributed by atoms with van der Waals surface area (Å²) < 4.78 is 16.2. The number of fused-ring (bicyclic) bond motifs is 1. The lowest BCUT2D eigenvalue weighted by molar-refractivity contribution is 0.0196. The molecule has 0 saturated carbocycles. The summed E-state index contributed by atoms with van der Waals surface area (Å²) >= 11 is 0. The van der Waals surface area contributed by atoms with E-state index in [1.54, 1.807) is 12.1 Å². The molecule has 0 aromatic heterocycles. The van der Waals surface area contributed by atoms with Crippen molar-refractivity contribution >= 4 is 0 Å². The molecule has 3 N–H and O–H groups in total. The quantitative estimate of drug-likeness (QED) is 0.742. The second-order valence-electron chi connectivity index (χ2n) is 5.37. The number of hydrogen-bond donors (Lipinski definition) is 3. The van der Waals surface area contributed by atoms with Crippen molar-refractivity contribution in [2.75, 3.05) is 14.2 Å². The topological polar surface area (TPSA) is 88.4 Å². The van der Waals surface area contributed by atoms with Crippen molar-refractivity contribution in [2.45, 2.75) is 46.3 Å². The zero-order valence-electron chi connectivity index (χ0n) is 16.8. The Morgan fingerprint density at radius 3 is 2.15 bits per heavy atom. The first kappa shape index (κ1) is 22.4. The van der Waals surface area contributed by atoms with Crippen LogP contribution in [-0.4, -0.2) is 35.6 Å². The van der Waals surface area contributed by atoms with Crippen molar-refractivity contribution in [1.29, 1.82) is 0 Å². The second-order valence-corrected chi connectivity index (χ2v) is 5.37. The number of aliphatic hydroxyl groups excluding tert-OH is 1. The van der Waals surface area contributed by atoms with E-state index >= 15 is 0 Å². The summed E-state index contributed by atoms with van der Waals surface area (Å²) in [5.74, 6) is 1.28. The molecule has 3 rings (SSSR count). The van der Waals surface area contributed by atoms with Gasteiger partial charge in [-0.1, -0.05) is 33.8 Å². The smallest absolute Gasteiger partial charge is 0.160 e. The SMILES string of the molecule is CC.CC.COc1cc([C@H]2Oc3cc(O)cc(OC)c3C[C@H]2O)ccc1O. The molecule has 1 aliphatic heterocycles. The molecule has 6 heteroatoms. The Balaban J connectivity index is 0.000000855. The minimum Gasteiger partial charge on any atom is -0.508 e. The fourth-order valence-corrected chi connectivity index (χ4v) is 2.79. The van der Waals surface area contributed by atoms with Crippen LogP contribution in [0.4, 0.5) is 0 Å². The highest BCUT2D eigenvalue weighted by Gasteiger charge is 2.32. The Morgan fingerprint density at radius 1 is 0.926 bits per heavy atom. The number of phenols is 2. The third-order valence-electron chi connectivity index (χ3n) is 3.92. The van der Waals surface area contributed by atoms with Crippen LogP contribution in [0.2, 0.25) is 0 Å². The lowest BCUT2D eigenvalue weighted by Crippen LogP contribution is -2.30. The zero-order valence-corrected chi connectivity index (χ0v) is 16.8. The molecule has 2 aromatic carbocycles. The first-order valence-electron chi connectivity index (χ1n) is 9.15. The maximum absolute atomic E-state index is 10.4. The maximum atomic E-state index is 10.4. The summed E-state index contributed by atoms with van der Waals surface area (Å²) in [6, 6.07) is 7.75. The highest BCUT2D eigenvalue weighted by atomic mass is 16.5. The lowest BCUT2D eigenvalue weighted by atomic mass is 9.94. The average molecular weight is 378 g/mol. The number of phenolic OH excluding ortho intramolecular Hbond substituents is 2. The Morgan fingerprint density at radius 2 is 1.56 bits per heavy atom. The van der Waals surface area contributed by atoms with E-state index in [-0.39, 0.29) is 11.5 Å². The molecular weight excluding hydrogens is 348 g/mol. The number of aliphatic hydroxyl groups is 1. The van der Waals surface area contributed by atoms with Crippen LogP contribution in [0.5, 0.6) is 28.7 Å². The number of benzene rings is 2. The Hall–Kier alpha value is -2.60. The first-order valence-corrected chi connectivity index (χ1v) is 9.15. The van der Waals surface area contributed by atoms with Gasteiger partial charge in [0.1, 0.15) is 23.4 Å². The van der Waals surface area contributed by atoms with E-state index in [4.69, 9.17) is 14.2 Å². The minimum absolute atomic E-state index is 0.0151. The molecule has 0 aliphatic carbocycles. The van der Waals surface area contributed by atoms with Crippen LogP contribution >= 0.6 is 0 Å². The van der Waals surface area contributed by atoms with Crippen molar-refractivity contribution in [1.82, 2.24) is 0 Å². The van der Waals surface area contributed by atoms with Crippen LogP contribution in [0.15, 0.2) is 30.3 Å². The normalized spacial score (nSPS) is 17.1. The van der Waals surface area contributed by atoms with Crippen molar-refractivity contribution in [2.24, 2.45) is 0 Å². The van der Waals surface area contributed by atoms with E-state index < -0.39 is 12.2 Å². The summed E-state index contributed by atoms with van der Waals surface area (Å²) in [6.07, 6.45) is -1.11. The monoisotopic (exact) mass is 378 g/mol. The molecular formula is C21H30O6. The van der Waals surface area contributed by atoms with Gasteiger partial charge in [-0.3, -0.25) is 0 Å². The Bertz CT molecular complexity index is 729. The number of hydrogen-bond acceptors (Lipinski definition) is 6. The molecule has 0 radical (unpaired) electrons. The van der Waals surface area contributed by atoms with Gasteiger partial charge in [0, 0.05) is 24.1 Å². The van der Waals surface area contributed by atoms with Gasteiger partial charge in [-0.25, -0.2) is 0 Å². The fourth-order valence-electron chi connectivity index (χ4n) is 2.79. The maximum Gasteiger partial charge on any atom is 0.160 e. The zero-order chi connectivity index (χ0) is 20.6. The summed E-state index contributed by atoms with van der Waals surface area (Å²) in [6.45, 7) is 8.00. The minimum atomic E-state index is -0.796. The molecule has 27 heavy (non-hydrogen) atoms. The van der Waals surface area contributed by atoms with Gasteiger partial charge in [0.05, 0.1) is 20.3 Å². The second kappa shape index (κ2) is 10.5. The average Bonchev–Trinajstić information content (AvgIpc) is 2.71. The number of methoxy groups -OCH3 is 2. The van der Waals surface area contributed by atoms with Crippen LogP contribution in [0.25, 0.3) is 0 Å². The summed E-state index contributed by atoms with van der Waals surface area (Å²) in [5, 5.41) is 29.9. The van der Waals surface area contributed by atoms with E-state index in [0.29, 0.717) is 34.8 Å². The van der Waals surface area contributed by atoms with Gasteiger partial charge in [-0.15, -0.1) is 0 Å². The molecule has 0 bridgehead atoms. The van der Waals surface area contributed by atoms with E-state index in [9.17, 15) is 15.3 Å². The number of aromatic hydroxyl groups is 2. The van der Waals surface area contributed by atoms with Gasteiger partial charge in [0.25, 0.3) is 0 Å². The van der Waals surface area contributed by atoms with E-state index in [1.165, 1.54) is 32.4 Å². The van der Waals surface area contributed by atoms with Crippen molar-refractivity contribution in [3.05, 3.63) is 41.5 Å². The molecule has 2 atom stereocenters. The van der Waals surface area contributed by atoms with Gasteiger partial charge in [0.2, 0.25) is 0 Å². The molecule has 150 valence electrons. The van der Waals surface area contributed by atoms with E-state index in [1.807, 2.05) is 27.7 Å². The Kier molecular flexibility index (Phi) is 8.75. The molecule has 1 heterocycles. The van der Waals surface area contributed by atoms with Gasteiger partial charge in [-0.05, 0) is 17.7 Å². The summed E-state index contributed by atoms with van der Waals surface area (Å²) in [7, 11) is 2.95. The van der Waals surface area contributed by atoms with Crippen molar-refractivity contribution < 1.29 is 29.5 Å². The fraction of sp³-hybridized carbons (Fsp3) is 0.429. The van der Waals surface area contributed by atoms with Crippen LogP contribution in [0, 0.1) is 0 Å². The van der Waals surface area contributed by atoms with Gasteiger partial charge >= 0.3 is 0 Å². The van der Waals surface area contributed by atoms with Gasteiger partial charge in [0.15, 0.2) is 11.5 Å². The number of ether oxygens (including phenoxy) is 3. The third-order valence-corrected chi connectivity index (χ3v) is 3.92. The van der Waals surface area contributed by atoms with E-state index in [2.05, 4.69) is 0 Å². The predicted octanol–water partition coefficient (Wildman–Crippen LogP) is 4.20. The molecule has 0 saturated heterocycles. The molecule has 0 unspecified atom stereocenters. The third kappa shape index (κ3) is 4.98. The molecule has 0 fully saturated rings. The van der Waals surface area contributed by atoms with E-state index in [0.717, 1.165) is 0 Å². The molecule has 2 aromatic rings. The predicted molar refractivity (Wildman–Crippen MR) is 105 cm³/mol. The standard InChI is InChI=1S/C17H18O6.2C2H6/c1-21-14-6-10(18)7-15-11(14)8-13(20)17(23-15)9-3-4-12(19)16(5-9)22-2;2*1-2/h3-7,13,17-20H,8H2,1-2H3;2*1-2H3/t13-,17-;;/m1../s1. The van der Waals surface area contributed by atoms with Crippen LogP contribution in [0.1, 0.15) is 44.9 Å². The molecule has 0 amide bonds. The highest BCUT2D eigenvalue weighted by molar-refractivity contribution is 5.52. The van der Waals surface area contributed by atoms with Crippen LogP contribution in [0.3, 0.4) is 0 Å². The van der Waals surface area contributed by atoms with Crippen LogP contribution in [-0.2, 0) is 6.42 Å².